The highest BCUT2D eigenvalue weighted by Gasteiger charge is 2.13. The molecule has 0 spiro atoms. The zero-order chi connectivity index (χ0) is 20.1. The normalized spacial score (nSPS) is 11.9. The van der Waals surface area contributed by atoms with E-state index in [0.717, 1.165) is 28.1 Å². The molecular weight excluding hydrogens is 361 g/mol. The van der Waals surface area contributed by atoms with E-state index in [9.17, 15) is 9.18 Å². The summed E-state index contributed by atoms with van der Waals surface area (Å²) in [4.78, 5) is 12.2. The Balaban J connectivity index is 1.52. The van der Waals surface area contributed by atoms with E-state index in [0.29, 0.717) is 12.4 Å². The van der Waals surface area contributed by atoms with Gasteiger partial charge in [0.25, 0.3) is 0 Å². The Morgan fingerprint density at radius 1 is 1.11 bits per heavy atom. The minimum Gasteiger partial charge on any atom is -0.489 e. The number of rotatable bonds is 7. The van der Waals surface area contributed by atoms with Gasteiger partial charge in [0.15, 0.2) is 0 Å². The molecule has 0 N–H and O–H groups in total. The van der Waals surface area contributed by atoms with E-state index in [1.807, 2.05) is 38.1 Å². The van der Waals surface area contributed by atoms with Crippen molar-refractivity contribution >= 4 is 5.97 Å². The van der Waals surface area contributed by atoms with Crippen LogP contribution >= 0.6 is 0 Å². The van der Waals surface area contributed by atoms with E-state index in [-0.39, 0.29) is 18.2 Å². The highest BCUT2D eigenvalue weighted by atomic mass is 19.1. The average molecular weight is 383 g/mol. The number of aromatic nitrogens is 1. The monoisotopic (exact) mass is 383 g/mol. The first-order chi connectivity index (χ1) is 13.4. The van der Waals surface area contributed by atoms with Gasteiger partial charge in [-0.15, -0.1) is 0 Å². The van der Waals surface area contributed by atoms with E-state index in [4.69, 9.17) is 14.0 Å². The molecular formula is C22H22FNO4. The largest absolute Gasteiger partial charge is 0.489 e. The molecule has 146 valence electrons. The van der Waals surface area contributed by atoms with Crippen molar-refractivity contribution in [3.8, 4) is 5.75 Å². The summed E-state index contributed by atoms with van der Waals surface area (Å²) in [6.07, 6.45) is -0.291. The van der Waals surface area contributed by atoms with Crippen LogP contribution in [0.25, 0.3) is 0 Å². The van der Waals surface area contributed by atoms with E-state index in [1.165, 1.54) is 12.1 Å². The van der Waals surface area contributed by atoms with Gasteiger partial charge in [0.05, 0.1) is 17.7 Å². The molecule has 0 radical (unpaired) electrons. The van der Waals surface area contributed by atoms with Gasteiger partial charge in [-0.25, -0.2) is 4.39 Å². The number of esters is 1. The number of nitrogens with zero attached hydrogens (tertiary/aromatic N) is 1. The van der Waals surface area contributed by atoms with E-state index in [1.54, 1.807) is 19.1 Å². The zero-order valence-electron chi connectivity index (χ0n) is 16.1. The molecule has 2 aromatic carbocycles. The molecule has 0 fully saturated rings. The lowest BCUT2D eigenvalue weighted by molar-refractivity contribution is -0.147. The molecule has 3 rings (SSSR count). The summed E-state index contributed by atoms with van der Waals surface area (Å²) in [7, 11) is 0. The number of hydrogen-bond acceptors (Lipinski definition) is 5. The van der Waals surface area contributed by atoms with Crippen LogP contribution in [0.2, 0.25) is 0 Å². The van der Waals surface area contributed by atoms with Gasteiger partial charge in [-0.1, -0.05) is 29.4 Å². The third-order valence-electron chi connectivity index (χ3n) is 4.48. The summed E-state index contributed by atoms with van der Waals surface area (Å²) < 4.78 is 29.3. The molecule has 0 aliphatic carbocycles. The number of carbonyl (C=O) groups excluding carboxylic acids is 1. The number of halogens is 1. The first-order valence-electron chi connectivity index (χ1n) is 9.01. The number of ether oxygens (including phenoxy) is 2. The second kappa shape index (κ2) is 8.69. The van der Waals surface area contributed by atoms with Gasteiger partial charge in [-0.05, 0) is 56.2 Å². The third kappa shape index (κ3) is 4.97. The summed E-state index contributed by atoms with van der Waals surface area (Å²) in [5, 5.41) is 3.90. The van der Waals surface area contributed by atoms with E-state index < -0.39 is 6.10 Å². The molecule has 1 aromatic heterocycles. The van der Waals surface area contributed by atoms with Gasteiger partial charge < -0.3 is 14.0 Å². The molecule has 6 heteroatoms. The van der Waals surface area contributed by atoms with Gasteiger partial charge >= 0.3 is 5.97 Å². The van der Waals surface area contributed by atoms with Crippen molar-refractivity contribution in [2.45, 2.75) is 39.9 Å². The second-order valence-electron chi connectivity index (χ2n) is 6.60. The van der Waals surface area contributed by atoms with Crippen LogP contribution < -0.4 is 4.74 Å². The van der Waals surface area contributed by atoms with Crippen molar-refractivity contribution in [1.82, 2.24) is 5.16 Å². The molecule has 0 bridgehead atoms. The average Bonchev–Trinajstić information content (AvgIpc) is 2.99. The van der Waals surface area contributed by atoms with Crippen LogP contribution in [0.15, 0.2) is 53.1 Å². The summed E-state index contributed by atoms with van der Waals surface area (Å²) in [6.45, 7) is 5.85. The first-order valence-corrected chi connectivity index (χ1v) is 9.01. The van der Waals surface area contributed by atoms with Crippen molar-refractivity contribution in [2.24, 2.45) is 0 Å². The smallest absolute Gasteiger partial charge is 0.310 e. The van der Waals surface area contributed by atoms with Gasteiger partial charge in [-0.3, -0.25) is 4.79 Å². The molecule has 0 aliphatic heterocycles. The quantitative estimate of drug-likeness (QED) is 0.546. The van der Waals surface area contributed by atoms with Gasteiger partial charge in [0.2, 0.25) is 0 Å². The van der Waals surface area contributed by atoms with Crippen LogP contribution in [0.1, 0.15) is 41.2 Å². The Hall–Kier alpha value is -3.15. The van der Waals surface area contributed by atoms with Crippen LogP contribution in [-0.2, 0) is 22.6 Å². The lowest BCUT2D eigenvalue weighted by atomic mass is 10.1. The van der Waals surface area contributed by atoms with Crippen LogP contribution in [0.3, 0.4) is 0 Å². The van der Waals surface area contributed by atoms with Crippen LogP contribution in [0.5, 0.6) is 5.75 Å². The standard InChI is InChI=1S/C22H22FNO4/c1-14-21(16(3)28-24-14)13-26-20-10-4-17(5-11-20)12-22(25)27-15(2)18-6-8-19(23)9-7-18/h4-11,15H,12-13H2,1-3H3/t15-/m1/s1. The molecule has 0 unspecified atom stereocenters. The van der Waals surface area contributed by atoms with Crippen LogP contribution in [-0.4, -0.2) is 11.1 Å². The summed E-state index contributed by atoms with van der Waals surface area (Å²) in [5.41, 5.74) is 3.31. The first kappa shape index (κ1) is 19.6. The third-order valence-corrected chi connectivity index (χ3v) is 4.48. The van der Waals surface area contributed by atoms with Gasteiger partial charge in [0.1, 0.15) is 30.0 Å². The van der Waals surface area contributed by atoms with E-state index in [2.05, 4.69) is 5.16 Å². The maximum absolute atomic E-state index is 13.0. The minimum atomic E-state index is -0.439. The van der Waals surface area contributed by atoms with E-state index >= 15 is 0 Å². The van der Waals surface area contributed by atoms with Gasteiger partial charge in [-0.2, -0.15) is 0 Å². The fraction of sp³-hybridized carbons (Fsp3) is 0.273. The van der Waals surface area contributed by atoms with Crippen molar-refractivity contribution in [3.05, 3.63) is 82.5 Å². The lowest BCUT2D eigenvalue weighted by Crippen LogP contribution is -2.11. The molecule has 0 amide bonds. The fourth-order valence-electron chi connectivity index (χ4n) is 2.77. The van der Waals surface area contributed by atoms with Crippen molar-refractivity contribution in [2.75, 3.05) is 0 Å². The molecule has 28 heavy (non-hydrogen) atoms. The molecule has 0 saturated heterocycles. The maximum atomic E-state index is 13.0. The fourth-order valence-corrected chi connectivity index (χ4v) is 2.77. The number of benzene rings is 2. The lowest BCUT2D eigenvalue weighted by Gasteiger charge is -2.14. The molecule has 1 heterocycles. The number of hydrogen-bond donors (Lipinski definition) is 0. The SMILES string of the molecule is Cc1noc(C)c1COc1ccc(CC(=O)O[C@H](C)c2ccc(F)cc2)cc1. The Morgan fingerprint density at radius 3 is 2.39 bits per heavy atom. The number of carbonyl (C=O) groups is 1. The second-order valence-corrected chi connectivity index (χ2v) is 6.60. The Morgan fingerprint density at radius 2 is 1.79 bits per heavy atom. The topological polar surface area (TPSA) is 61.6 Å². The molecule has 5 nitrogen and oxygen atoms in total. The summed E-state index contributed by atoms with van der Waals surface area (Å²) in [6, 6.07) is 13.2. The van der Waals surface area contributed by atoms with Crippen LogP contribution in [0, 0.1) is 19.7 Å². The predicted molar refractivity (Wildman–Crippen MR) is 101 cm³/mol. The summed E-state index contributed by atoms with van der Waals surface area (Å²) in [5.74, 6) is 0.768. The Bertz CT molecular complexity index is 913. The molecule has 3 aromatic rings. The minimum absolute atomic E-state index is 0.148. The van der Waals surface area contributed by atoms with Crippen molar-refractivity contribution in [3.63, 3.8) is 0 Å². The highest BCUT2D eigenvalue weighted by Crippen LogP contribution is 2.20. The predicted octanol–water partition coefficient (Wildman–Crippen LogP) is 4.86. The maximum Gasteiger partial charge on any atom is 0.310 e. The zero-order valence-corrected chi connectivity index (χ0v) is 16.1. The Labute approximate surface area is 163 Å². The van der Waals surface area contributed by atoms with Crippen molar-refractivity contribution < 1.29 is 23.2 Å². The molecule has 0 aliphatic rings. The van der Waals surface area contributed by atoms with Gasteiger partial charge in [0, 0.05) is 0 Å². The highest BCUT2D eigenvalue weighted by molar-refractivity contribution is 5.72. The van der Waals surface area contributed by atoms with Crippen molar-refractivity contribution in [1.29, 1.82) is 0 Å². The Kier molecular flexibility index (Phi) is 6.09. The number of aryl methyl sites for hydroxylation is 2. The molecule has 0 saturated carbocycles. The summed E-state index contributed by atoms with van der Waals surface area (Å²) >= 11 is 0. The van der Waals surface area contributed by atoms with Crippen LogP contribution in [0.4, 0.5) is 4.39 Å². The molecule has 1 atom stereocenters.